The summed E-state index contributed by atoms with van der Waals surface area (Å²) in [5.41, 5.74) is 0. The van der Waals surface area contributed by atoms with E-state index < -0.39 is 5.97 Å². The van der Waals surface area contributed by atoms with Gasteiger partial charge in [0.15, 0.2) is 0 Å². The molecule has 2 N–H and O–H groups in total. The Hall–Kier alpha value is -1.10. The van der Waals surface area contributed by atoms with Crippen molar-refractivity contribution in [2.45, 2.75) is 52.5 Å². The van der Waals surface area contributed by atoms with Gasteiger partial charge >= 0.3 is 5.97 Å². The van der Waals surface area contributed by atoms with Gasteiger partial charge in [-0.25, -0.2) is 0 Å². The number of rotatable bonds is 8. The minimum atomic E-state index is -0.756. The first-order valence-electron chi connectivity index (χ1n) is 7.68. The summed E-state index contributed by atoms with van der Waals surface area (Å²) in [5, 5.41) is 12.1. The maximum Gasteiger partial charge on any atom is 0.308 e. The van der Waals surface area contributed by atoms with E-state index in [0.717, 1.165) is 12.8 Å². The summed E-state index contributed by atoms with van der Waals surface area (Å²) in [6, 6.07) is 0.198. The van der Waals surface area contributed by atoms with Gasteiger partial charge in [0.2, 0.25) is 5.91 Å². The highest BCUT2D eigenvalue weighted by Crippen LogP contribution is 2.22. The van der Waals surface area contributed by atoms with Gasteiger partial charge in [-0.2, -0.15) is 0 Å². The molecule has 1 aliphatic rings. The molecule has 0 spiro atoms. The summed E-state index contributed by atoms with van der Waals surface area (Å²) in [4.78, 5) is 24.9. The van der Waals surface area contributed by atoms with Gasteiger partial charge in [-0.1, -0.05) is 33.1 Å². The molecule has 1 saturated heterocycles. The Labute approximate surface area is 121 Å². The molecule has 0 aromatic carbocycles. The van der Waals surface area contributed by atoms with E-state index in [1.165, 1.54) is 12.8 Å². The lowest BCUT2D eigenvalue weighted by molar-refractivity contribution is -0.142. The van der Waals surface area contributed by atoms with Crippen molar-refractivity contribution in [3.8, 4) is 0 Å². The average Bonchev–Trinajstić information content (AvgIpc) is 2.70. The van der Waals surface area contributed by atoms with Crippen LogP contribution < -0.4 is 5.32 Å². The monoisotopic (exact) mass is 284 g/mol. The first-order chi connectivity index (χ1) is 9.43. The van der Waals surface area contributed by atoms with Crippen LogP contribution in [0.1, 0.15) is 46.5 Å². The molecule has 0 saturated carbocycles. The lowest BCUT2D eigenvalue weighted by atomic mass is 9.99. The van der Waals surface area contributed by atoms with E-state index in [4.69, 9.17) is 5.11 Å². The molecule has 1 amide bonds. The van der Waals surface area contributed by atoms with Gasteiger partial charge in [0.1, 0.15) is 0 Å². The largest absolute Gasteiger partial charge is 0.481 e. The fraction of sp³-hybridized carbons (Fsp3) is 0.867. The minimum Gasteiger partial charge on any atom is -0.481 e. The van der Waals surface area contributed by atoms with E-state index in [1.807, 2.05) is 18.7 Å². The third-order valence-electron chi connectivity index (χ3n) is 4.02. The molecule has 20 heavy (non-hydrogen) atoms. The van der Waals surface area contributed by atoms with Crippen LogP contribution in [0.4, 0.5) is 0 Å². The van der Waals surface area contributed by atoms with E-state index in [0.29, 0.717) is 19.6 Å². The highest BCUT2D eigenvalue weighted by Gasteiger charge is 2.35. The average molecular weight is 284 g/mol. The summed E-state index contributed by atoms with van der Waals surface area (Å²) in [5.74, 6) is -0.979. The number of carboxylic acid groups (broad SMARTS) is 1. The van der Waals surface area contributed by atoms with E-state index in [2.05, 4.69) is 12.2 Å². The molecular weight excluding hydrogens is 256 g/mol. The topological polar surface area (TPSA) is 69.6 Å². The number of carboxylic acids is 1. The van der Waals surface area contributed by atoms with Crippen molar-refractivity contribution in [3.05, 3.63) is 0 Å². The van der Waals surface area contributed by atoms with Gasteiger partial charge in [-0.15, -0.1) is 0 Å². The molecule has 0 bridgehead atoms. The number of aliphatic carboxylic acids is 1. The molecule has 1 fully saturated rings. The first-order valence-corrected chi connectivity index (χ1v) is 7.68. The zero-order valence-corrected chi connectivity index (χ0v) is 12.9. The second kappa shape index (κ2) is 8.25. The number of hydrogen-bond acceptors (Lipinski definition) is 3. The lowest BCUT2D eigenvalue weighted by Crippen LogP contribution is -2.40. The number of nitrogens with zero attached hydrogens (tertiary/aromatic N) is 1. The van der Waals surface area contributed by atoms with Crippen molar-refractivity contribution in [2.75, 3.05) is 19.6 Å². The predicted molar refractivity (Wildman–Crippen MR) is 78.5 cm³/mol. The van der Waals surface area contributed by atoms with E-state index in [1.54, 1.807) is 0 Å². The van der Waals surface area contributed by atoms with E-state index in [-0.39, 0.29) is 23.8 Å². The molecule has 116 valence electrons. The number of carbonyl (C=O) groups excluding carboxylic acids is 1. The lowest BCUT2D eigenvalue weighted by Gasteiger charge is -2.18. The number of hydrogen-bond donors (Lipinski definition) is 2. The third-order valence-corrected chi connectivity index (χ3v) is 4.02. The Kier molecular flexibility index (Phi) is 6.99. The predicted octanol–water partition coefficient (Wildman–Crippen LogP) is 1.72. The quantitative estimate of drug-likeness (QED) is 0.666. The first kappa shape index (κ1) is 17.0. The van der Waals surface area contributed by atoms with Crippen LogP contribution in [0, 0.1) is 11.8 Å². The maximum atomic E-state index is 11.9. The van der Waals surface area contributed by atoms with Crippen molar-refractivity contribution >= 4 is 11.9 Å². The summed E-state index contributed by atoms with van der Waals surface area (Å²) in [6.07, 6.45) is 4.53. The van der Waals surface area contributed by atoms with Crippen molar-refractivity contribution in [1.29, 1.82) is 0 Å². The third kappa shape index (κ3) is 5.49. The standard InChI is InChI=1S/C15H28N2O3/c1-4-5-6-7-12(3)16-14(18)10-17-8-11(2)13(9-17)15(19)20/h11-13H,4-10H2,1-3H3,(H,16,18)(H,19,20)/t11-,12?,13-/m1/s1. The van der Waals surface area contributed by atoms with Crippen LogP contribution >= 0.6 is 0 Å². The van der Waals surface area contributed by atoms with Crippen molar-refractivity contribution in [1.82, 2.24) is 10.2 Å². The van der Waals surface area contributed by atoms with Crippen LogP contribution in [0.2, 0.25) is 0 Å². The Morgan fingerprint density at radius 1 is 1.35 bits per heavy atom. The molecule has 0 aromatic rings. The van der Waals surface area contributed by atoms with Gasteiger partial charge in [0, 0.05) is 19.1 Å². The Morgan fingerprint density at radius 3 is 2.60 bits per heavy atom. The summed E-state index contributed by atoms with van der Waals surface area (Å²) in [6.45, 7) is 7.61. The molecule has 3 atom stereocenters. The number of unbranched alkanes of at least 4 members (excludes halogenated alkanes) is 2. The van der Waals surface area contributed by atoms with E-state index in [9.17, 15) is 9.59 Å². The van der Waals surface area contributed by atoms with Gasteiger partial charge in [-0.3, -0.25) is 14.5 Å². The second-order valence-electron chi connectivity index (χ2n) is 6.08. The second-order valence-corrected chi connectivity index (χ2v) is 6.08. The molecule has 1 aliphatic heterocycles. The van der Waals surface area contributed by atoms with Gasteiger partial charge in [-0.05, 0) is 19.3 Å². The maximum absolute atomic E-state index is 11.9. The molecule has 5 nitrogen and oxygen atoms in total. The molecular formula is C15H28N2O3. The number of carbonyl (C=O) groups is 2. The minimum absolute atomic E-state index is 0.00670. The van der Waals surface area contributed by atoms with E-state index >= 15 is 0 Å². The highest BCUT2D eigenvalue weighted by atomic mass is 16.4. The smallest absolute Gasteiger partial charge is 0.308 e. The number of likely N-dealkylation sites (tertiary alicyclic amines) is 1. The van der Waals surface area contributed by atoms with Crippen molar-refractivity contribution in [2.24, 2.45) is 11.8 Å². The van der Waals surface area contributed by atoms with Crippen LogP contribution in [0.3, 0.4) is 0 Å². The molecule has 0 aromatic heterocycles. The van der Waals surface area contributed by atoms with Gasteiger partial charge in [0.05, 0.1) is 12.5 Å². The number of nitrogens with one attached hydrogen (secondary N) is 1. The molecule has 0 radical (unpaired) electrons. The van der Waals surface area contributed by atoms with Crippen molar-refractivity contribution < 1.29 is 14.7 Å². The zero-order chi connectivity index (χ0) is 15.1. The van der Waals surface area contributed by atoms with Crippen LogP contribution in [-0.2, 0) is 9.59 Å². The van der Waals surface area contributed by atoms with Crippen LogP contribution in [0.5, 0.6) is 0 Å². The van der Waals surface area contributed by atoms with Crippen molar-refractivity contribution in [3.63, 3.8) is 0 Å². The fourth-order valence-electron chi connectivity index (χ4n) is 2.81. The summed E-state index contributed by atoms with van der Waals surface area (Å²) < 4.78 is 0. The molecule has 1 heterocycles. The summed E-state index contributed by atoms with van der Waals surface area (Å²) >= 11 is 0. The zero-order valence-electron chi connectivity index (χ0n) is 12.9. The molecule has 1 rings (SSSR count). The molecule has 1 unspecified atom stereocenters. The normalized spacial score (nSPS) is 24.6. The van der Waals surface area contributed by atoms with Crippen LogP contribution in [0.25, 0.3) is 0 Å². The van der Waals surface area contributed by atoms with Crippen LogP contribution in [-0.4, -0.2) is 47.6 Å². The number of amides is 1. The highest BCUT2D eigenvalue weighted by molar-refractivity contribution is 5.78. The fourth-order valence-corrected chi connectivity index (χ4v) is 2.81. The van der Waals surface area contributed by atoms with Gasteiger partial charge in [0.25, 0.3) is 0 Å². The SMILES string of the molecule is CCCCCC(C)NC(=O)CN1C[C@@H](C)[C@H](C(=O)O)C1. The Morgan fingerprint density at radius 2 is 2.05 bits per heavy atom. The Bertz CT molecular complexity index is 333. The molecule has 5 heteroatoms. The molecule has 0 aliphatic carbocycles. The van der Waals surface area contributed by atoms with Gasteiger partial charge < -0.3 is 10.4 Å². The summed E-state index contributed by atoms with van der Waals surface area (Å²) in [7, 11) is 0. The Balaban J connectivity index is 2.27. The van der Waals surface area contributed by atoms with Crippen LogP contribution in [0.15, 0.2) is 0 Å².